The first kappa shape index (κ1) is 24.4. The van der Waals surface area contributed by atoms with E-state index in [1.165, 1.54) is 18.9 Å². The summed E-state index contributed by atoms with van der Waals surface area (Å²) in [7, 11) is 4.33. The van der Waals surface area contributed by atoms with Gasteiger partial charge in [0.2, 0.25) is 11.9 Å². The molecule has 0 bridgehead atoms. The van der Waals surface area contributed by atoms with Crippen LogP contribution >= 0.6 is 0 Å². The molecule has 9 heteroatoms. The Morgan fingerprint density at radius 1 is 1.09 bits per heavy atom. The minimum atomic E-state index is -0.110. The summed E-state index contributed by atoms with van der Waals surface area (Å²) in [5, 5.41) is 10.3. The van der Waals surface area contributed by atoms with Gasteiger partial charge in [-0.1, -0.05) is 6.58 Å². The van der Waals surface area contributed by atoms with Crippen molar-refractivity contribution in [2.45, 2.75) is 95.4 Å². The standard InChI is InChI=1S/C25H40N8O/c1-6-21(34)27-18-8-7-9-19(14-18)28-23-22-24(33(15-26-22)16(2)3)31-25(30-23)29-17-10-12-20(13-11-17)32(4)5/h6,15-20H,1,7-14H2,2-5H3,(H,27,34)(H2,28,29,30,31)/t17?,18-,19-,20?/m1/s1. The molecule has 0 aromatic carbocycles. The fraction of sp³-hybridized carbons (Fsp3) is 0.680. The van der Waals surface area contributed by atoms with Crippen LogP contribution in [0.2, 0.25) is 0 Å². The van der Waals surface area contributed by atoms with Crippen molar-refractivity contribution in [2.24, 2.45) is 0 Å². The Kier molecular flexibility index (Phi) is 7.70. The summed E-state index contributed by atoms with van der Waals surface area (Å²) in [4.78, 5) is 28.6. The first-order valence-corrected chi connectivity index (χ1v) is 12.7. The normalized spacial score (nSPS) is 25.5. The molecular weight excluding hydrogens is 428 g/mol. The molecule has 2 aromatic rings. The summed E-state index contributed by atoms with van der Waals surface area (Å²) >= 11 is 0. The van der Waals surface area contributed by atoms with Crippen molar-refractivity contribution in [3.05, 3.63) is 19.0 Å². The van der Waals surface area contributed by atoms with Crippen LogP contribution in [0.4, 0.5) is 11.8 Å². The van der Waals surface area contributed by atoms with E-state index in [1.807, 2.05) is 6.33 Å². The van der Waals surface area contributed by atoms with Crippen LogP contribution in [-0.4, -0.2) is 68.6 Å². The fourth-order valence-corrected chi connectivity index (χ4v) is 5.28. The number of nitrogens with zero attached hydrogens (tertiary/aromatic N) is 5. The molecule has 1 amide bonds. The number of hydrogen-bond donors (Lipinski definition) is 3. The van der Waals surface area contributed by atoms with Crippen LogP contribution < -0.4 is 16.0 Å². The van der Waals surface area contributed by atoms with Crippen molar-refractivity contribution in [3.8, 4) is 0 Å². The number of imidazole rings is 1. The lowest BCUT2D eigenvalue weighted by molar-refractivity contribution is -0.117. The Balaban J connectivity index is 1.53. The second-order valence-corrected chi connectivity index (χ2v) is 10.3. The zero-order valence-electron chi connectivity index (χ0n) is 21.0. The number of amides is 1. The Morgan fingerprint density at radius 2 is 1.82 bits per heavy atom. The largest absolute Gasteiger partial charge is 0.365 e. The molecule has 0 aliphatic heterocycles. The first-order chi connectivity index (χ1) is 16.3. The van der Waals surface area contributed by atoms with Crippen LogP contribution in [-0.2, 0) is 4.79 Å². The maximum absolute atomic E-state index is 11.8. The lowest BCUT2D eigenvalue weighted by atomic mass is 9.90. The minimum absolute atomic E-state index is 0.110. The van der Waals surface area contributed by atoms with Crippen LogP contribution in [0.3, 0.4) is 0 Å². The zero-order chi connectivity index (χ0) is 24.2. The molecule has 3 N–H and O–H groups in total. The smallest absolute Gasteiger partial charge is 0.243 e. The van der Waals surface area contributed by atoms with Crippen molar-refractivity contribution in [3.63, 3.8) is 0 Å². The number of fused-ring (bicyclic) bond motifs is 1. The number of nitrogens with one attached hydrogen (secondary N) is 3. The average Bonchev–Trinajstić information content (AvgIpc) is 3.24. The van der Waals surface area contributed by atoms with Crippen LogP contribution in [0.5, 0.6) is 0 Å². The van der Waals surface area contributed by atoms with E-state index in [4.69, 9.17) is 9.97 Å². The molecule has 2 fully saturated rings. The van der Waals surface area contributed by atoms with E-state index in [0.717, 1.165) is 55.5 Å². The van der Waals surface area contributed by atoms with Gasteiger partial charge in [0, 0.05) is 30.2 Å². The Bertz CT molecular complexity index is 992. The molecule has 2 aliphatic rings. The molecule has 2 heterocycles. The van der Waals surface area contributed by atoms with Crippen molar-refractivity contribution in [1.82, 2.24) is 29.7 Å². The van der Waals surface area contributed by atoms with Crippen LogP contribution in [0.1, 0.15) is 71.3 Å². The minimum Gasteiger partial charge on any atom is -0.365 e. The molecule has 9 nitrogen and oxygen atoms in total. The topological polar surface area (TPSA) is 100 Å². The van der Waals surface area contributed by atoms with E-state index in [0.29, 0.717) is 18.0 Å². The van der Waals surface area contributed by atoms with Gasteiger partial charge in [0.1, 0.15) is 0 Å². The Hall–Kier alpha value is -2.68. The molecule has 0 spiro atoms. The number of rotatable bonds is 8. The number of aromatic nitrogens is 4. The Morgan fingerprint density at radius 3 is 2.50 bits per heavy atom. The summed E-state index contributed by atoms with van der Waals surface area (Å²) in [6.07, 6.45) is 11.7. The first-order valence-electron chi connectivity index (χ1n) is 12.7. The van der Waals surface area contributed by atoms with Crippen molar-refractivity contribution in [2.75, 3.05) is 24.7 Å². The summed E-state index contributed by atoms with van der Waals surface area (Å²) < 4.78 is 2.10. The van der Waals surface area contributed by atoms with E-state index >= 15 is 0 Å². The van der Waals surface area contributed by atoms with Crippen molar-refractivity contribution in [1.29, 1.82) is 0 Å². The van der Waals surface area contributed by atoms with Gasteiger partial charge in [-0.3, -0.25) is 4.79 Å². The molecular formula is C25H40N8O. The highest BCUT2D eigenvalue weighted by Gasteiger charge is 2.26. The van der Waals surface area contributed by atoms with Gasteiger partial charge in [0.05, 0.1) is 6.33 Å². The summed E-state index contributed by atoms with van der Waals surface area (Å²) in [5.74, 6) is 1.33. The predicted molar refractivity (Wildman–Crippen MR) is 137 cm³/mol. The van der Waals surface area contributed by atoms with Gasteiger partial charge in [-0.25, -0.2) is 4.98 Å². The van der Waals surface area contributed by atoms with Gasteiger partial charge in [-0.05, 0) is 85.4 Å². The van der Waals surface area contributed by atoms with Crippen LogP contribution in [0.25, 0.3) is 11.2 Å². The SMILES string of the molecule is C=CC(=O)N[C@@H]1CCC[C@@H](Nc2nc(NC3CCC(N(C)C)CC3)nc3c2ncn3C(C)C)C1. The molecule has 0 saturated heterocycles. The molecule has 4 rings (SSSR count). The maximum Gasteiger partial charge on any atom is 0.243 e. The van der Waals surface area contributed by atoms with E-state index < -0.39 is 0 Å². The predicted octanol–water partition coefficient (Wildman–Crippen LogP) is 3.72. The number of carbonyl (C=O) groups is 1. The van der Waals surface area contributed by atoms with E-state index in [9.17, 15) is 4.79 Å². The summed E-state index contributed by atoms with van der Waals surface area (Å²) in [6, 6.07) is 1.65. The second kappa shape index (κ2) is 10.7. The van der Waals surface area contributed by atoms with E-state index in [1.54, 1.807) is 0 Å². The molecule has 2 aliphatic carbocycles. The van der Waals surface area contributed by atoms with Gasteiger partial charge < -0.3 is 25.4 Å². The van der Waals surface area contributed by atoms with Gasteiger partial charge >= 0.3 is 0 Å². The third-order valence-corrected chi connectivity index (χ3v) is 7.28. The number of anilines is 2. The van der Waals surface area contributed by atoms with Crippen molar-refractivity contribution < 1.29 is 4.79 Å². The third kappa shape index (κ3) is 5.68. The third-order valence-electron chi connectivity index (χ3n) is 7.28. The lowest BCUT2D eigenvalue weighted by Crippen LogP contribution is -2.41. The van der Waals surface area contributed by atoms with E-state index in [-0.39, 0.29) is 24.0 Å². The lowest BCUT2D eigenvalue weighted by Gasteiger charge is -2.33. The van der Waals surface area contributed by atoms with Gasteiger partial charge in [-0.2, -0.15) is 9.97 Å². The van der Waals surface area contributed by atoms with Gasteiger partial charge in [-0.15, -0.1) is 0 Å². The second-order valence-electron chi connectivity index (χ2n) is 10.3. The molecule has 34 heavy (non-hydrogen) atoms. The summed E-state index contributed by atoms with van der Waals surface area (Å²) in [5.41, 5.74) is 1.65. The highest BCUT2D eigenvalue weighted by Crippen LogP contribution is 2.29. The van der Waals surface area contributed by atoms with Crippen LogP contribution in [0.15, 0.2) is 19.0 Å². The molecule has 0 radical (unpaired) electrons. The quantitative estimate of drug-likeness (QED) is 0.508. The van der Waals surface area contributed by atoms with Gasteiger partial charge in [0.15, 0.2) is 17.0 Å². The fourth-order valence-electron chi connectivity index (χ4n) is 5.28. The maximum atomic E-state index is 11.8. The number of hydrogen-bond acceptors (Lipinski definition) is 7. The van der Waals surface area contributed by atoms with Crippen LogP contribution in [0, 0.1) is 0 Å². The average molecular weight is 469 g/mol. The molecule has 2 saturated carbocycles. The highest BCUT2D eigenvalue weighted by molar-refractivity contribution is 5.87. The molecule has 0 unspecified atom stereocenters. The van der Waals surface area contributed by atoms with Crippen molar-refractivity contribution >= 4 is 28.8 Å². The summed E-state index contributed by atoms with van der Waals surface area (Å²) in [6.45, 7) is 7.85. The van der Waals surface area contributed by atoms with Gasteiger partial charge in [0.25, 0.3) is 0 Å². The number of carbonyl (C=O) groups excluding carboxylic acids is 1. The molecule has 186 valence electrons. The Labute approximate surface area is 202 Å². The highest BCUT2D eigenvalue weighted by atomic mass is 16.1. The van der Waals surface area contributed by atoms with E-state index in [2.05, 4.69) is 64.9 Å². The zero-order valence-corrected chi connectivity index (χ0v) is 21.0. The molecule has 2 aromatic heterocycles. The molecule has 2 atom stereocenters. The monoisotopic (exact) mass is 468 g/mol.